The normalized spacial score (nSPS) is 14.8. The van der Waals surface area contributed by atoms with Crippen LogP contribution in [0.5, 0.6) is 5.75 Å². The van der Waals surface area contributed by atoms with E-state index in [2.05, 4.69) is 0 Å². The van der Waals surface area contributed by atoms with Gasteiger partial charge in [-0.05, 0) is 42.2 Å². The molecule has 0 aliphatic carbocycles. The predicted octanol–water partition coefficient (Wildman–Crippen LogP) is 3.61. The maximum Gasteiger partial charge on any atom is 0.246 e. The molecule has 1 fully saturated rings. The Morgan fingerprint density at radius 1 is 1.07 bits per heavy atom. The first kappa shape index (κ1) is 20.6. The molecule has 0 atom stereocenters. The zero-order valence-corrected chi connectivity index (χ0v) is 17.1. The molecule has 0 N–H and O–H groups in total. The van der Waals surface area contributed by atoms with Crippen LogP contribution < -0.4 is 4.74 Å². The minimum atomic E-state index is -0.0274. The van der Waals surface area contributed by atoms with E-state index in [1.807, 2.05) is 72.6 Å². The zero-order chi connectivity index (χ0) is 20.6. The van der Waals surface area contributed by atoms with Gasteiger partial charge in [0.1, 0.15) is 5.75 Å². The summed E-state index contributed by atoms with van der Waals surface area (Å²) in [6.45, 7) is 1.80. The molecule has 1 aliphatic heterocycles. The van der Waals surface area contributed by atoms with Gasteiger partial charge in [-0.15, -0.1) is 0 Å². The second kappa shape index (κ2) is 9.92. The van der Waals surface area contributed by atoms with E-state index >= 15 is 0 Å². The summed E-state index contributed by atoms with van der Waals surface area (Å²) in [5, 5.41) is 0. The Bertz CT molecular complexity index is 838. The molecule has 5 nitrogen and oxygen atoms in total. The third-order valence-electron chi connectivity index (χ3n) is 5.33. The number of hydrogen-bond acceptors (Lipinski definition) is 3. The number of benzene rings is 2. The number of methoxy groups -OCH3 is 1. The van der Waals surface area contributed by atoms with Gasteiger partial charge in [0.15, 0.2) is 0 Å². The summed E-state index contributed by atoms with van der Waals surface area (Å²) in [6, 6.07) is 17.5. The van der Waals surface area contributed by atoms with Crippen molar-refractivity contribution in [3.63, 3.8) is 0 Å². The van der Waals surface area contributed by atoms with Gasteiger partial charge in [-0.2, -0.15) is 0 Å². The first-order chi connectivity index (χ1) is 14.1. The van der Waals surface area contributed by atoms with E-state index in [1.54, 1.807) is 18.1 Å². The van der Waals surface area contributed by atoms with Crippen molar-refractivity contribution < 1.29 is 14.3 Å². The molecule has 0 bridgehead atoms. The monoisotopic (exact) mass is 392 g/mol. The molecule has 0 aromatic heterocycles. The number of carbonyl (C=O) groups is 2. The fourth-order valence-electron chi connectivity index (χ4n) is 3.58. The van der Waals surface area contributed by atoms with Crippen molar-refractivity contribution in [2.24, 2.45) is 5.92 Å². The Hall–Kier alpha value is -3.08. The highest BCUT2D eigenvalue weighted by atomic mass is 16.5. The Balaban J connectivity index is 1.48. The molecule has 5 heteroatoms. The number of nitrogens with zero attached hydrogens (tertiary/aromatic N) is 2. The molecular weight excluding hydrogens is 364 g/mol. The summed E-state index contributed by atoms with van der Waals surface area (Å²) in [5.41, 5.74) is 2.08. The van der Waals surface area contributed by atoms with E-state index in [1.165, 1.54) is 0 Å². The maximum atomic E-state index is 12.8. The first-order valence-electron chi connectivity index (χ1n) is 9.97. The molecule has 0 spiro atoms. The van der Waals surface area contributed by atoms with Crippen LogP contribution in [0.2, 0.25) is 0 Å². The van der Waals surface area contributed by atoms with Crippen molar-refractivity contribution in [1.29, 1.82) is 0 Å². The molecule has 1 heterocycles. The first-order valence-corrected chi connectivity index (χ1v) is 9.97. The van der Waals surface area contributed by atoms with E-state index in [-0.39, 0.29) is 17.7 Å². The highest BCUT2D eigenvalue weighted by Crippen LogP contribution is 2.21. The van der Waals surface area contributed by atoms with Crippen LogP contribution in [-0.4, -0.2) is 48.9 Å². The van der Waals surface area contributed by atoms with Crippen LogP contribution >= 0.6 is 0 Å². The molecule has 2 amide bonds. The second-order valence-electron chi connectivity index (χ2n) is 7.39. The fourth-order valence-corrected chi connectivity index (χ4v) is 3.58. The second-order valence-corrected chi connectivity index (χ2v) is 7.39. The van der Waals surface area contributed by atoms with E-state index < -0.39 is 0 Å². The average Bonchev–Trinajstić information content (AvgIpc) is 2.78. The van der Waals surface area contributed by atoms with Gasteiger partial charge in [-0.3, -0.25) is 9.59 Å². The fraction of sp³-hybridized carbons (Fsp3) is 0.333. The van der Waals surface area contributed by atoms with Crippen molar-refractivity contribution in [1.82, 2.24) is 9.80 Å². The largest absolute Gasteiger partial charge is 0.497 e. The van der Waals surface area contributed by atoms with Crippen molar-refractivity contribution in [2.45, 2.75) is 19.4 Å². The maximum absolute atomic E-state index is 12.8. The van der Waals surface area contributed by atoms with Crippen molar-refractivity contribution in [3.8, 4) is 5.75 Å². The van der Waals surface area contributed by atoms with Gasteiger partial charge in [-0.1, -0.05) is 42.5 Å². The summed E-state index contributed by atoms with van der Waals surface area (Å²) in [4.78, 5) is 28.8. The Morgan fingerprint density at radius 2 is 1.72 bits per heavy atom. The molecule has 29 heavy (non-hydrogen) atoms. The lowest BCUT2D eigenvalue weighted by atomic mass is 9.95. The summed E-state index contributed by atoms with van der Waals surface area (Å²) in [6.07, 6.45) is 4.86. The molecule has 2 aromatic carbocycles. The van der Waals surface area contributed by atoms with Crippen LogP contribution in [0, 0.1) is 5.92 Å². The van der Waals surface area contributed by atoms with Gasteiger partial charge in [0.05, 0.1) is 7.11 Å². The molecule has 152 valence electrons. The molecule has 0 saturated carbocycles. The summed E-state index contributed by atoms with van der Waals surface area (Å²) in [7, 11) is 3.48. The van der Waals surface area contributed by atoms with Gasteiger partial charge < -0.3 is 14.5 Å². The number of rotatable bonds is 6. The number of amides is 2. The molecule has 2 aromatic rings. The summed E-state index contributed by atoms with van der Waals surface area (Å²) in [5.74, 6) is 0.931. The summed E-state index contributed by atoms with van der Waals surface area (Å²) < 4.78 is 5.17. The topological polar surface area (TPSA) is 49.9 Å². The minimum absolute atomic E-state index is 0.00587. The van der Waals surface area contributed by atoms with Crippen LogP contribution in [0.1, 0.15) is 24.0 Å². The Kier molecular flexibility index (Phi) is 7.06. The van der Waals surface area contributed by atoms with E-state index in [0.717, 1.165) is 16.9 Å². The predicted molar refractivity (Wildman–Crippen MR) is 114 cm³/mol. The summed E-state index contributed by atoms with van der Waals surface area (Å²) >= 11 is 0. The Labute approximate surface area is 172 Å². The third-order valence-corrected chi connectivity index (χ3v) is 5.33. The molecule has 3 rings (SSSR count). The van der Waals surface area contributed by atoms with E-state index in [4.69, 9.17) is 4.74 Å². The SMILES string of the molecule is COc1ccc(CN(C)C(=O)C2CCN(C(=O)/C=C/c3ccccc3)CC2)cc1. The molecule has 0 radical (unpaired) electrons. The molecular formula is C24H28N2O3. The van der Waals surface area contributed by atoms with Gasteiger partial charge in [0.2, 0.25) is 11.8 Å². The van der Waals surface area contributed by atoms with Gasteiger partial charge >= 0.3 is 0 Å². The average molecular weight is 392 g/mol. The van der Waals surface area contributed by atoms with Crippen LogP contribution in [0.4, 0.5) is 0 Å². The van der Waals surface area contributed by atoms with Crippen molar-refractivity contribution >= 4 is 17.9 Å². The minimum Gasteiger partial charge on any atom is -0.497 e. The number of hydrogen-bond donors (Lipinski definition) is 0. The lowest BCUT2D eigenvalue weighted by molar-refractivity contribution is -0.138. The Morgan fingerprint density at radius 3 is 2.34 bits per heavy atom. The lowest BCUT2D eigenvalue weighted by Gasteiger charge is -2.32. The molecule has 1 aliphatic rings. The zero-order valence-electron chi connectivity index (χ0n) is 17.1. The standard InChI is InChI=1S/C24H28N2O3/c1-25(18-20-8-11-22(29-2)12-9-20)24(28)21-14-16-26(17-15-21)23(27)13-10-19-6-4-3-5-7-19/h3-13,21H,14-18H2,1-2H3/b13-10+. The van der Waals surface area contributed by atoms with Gasteiger partial charge in [-0.25, -0.2) is 0 Å². The smallest absolute Gasteiger partial charge is 0.246 e. The van der Waals surface area contributed by atoms with Gasteiger partial charge in [0.25, 0.3) is 0 Å². The van der Waals surface area contributed by atoms with Crippen LogP contribution in [-0.2, 0) is 16.1 Å². The number of carbonyl (C=O) groups excluding carboxylic acids is 2. The van der Waals surface area contributed by atoms with Crippen LogP contribution in [0.25, 0.3) is 6.08 Å². The molecule has 1 saturated heterocycles. The molecule has 0 unspecified atom stereocenters. The van der Waals surface area contributed by atoms with Crippen molar-refractivity contribution in [3.05, 3.63) is 71.8 Å². The number of likely N-dealkylation sites (tertiary alicyclic amines) is 1. The lowest BCUT2D eigenvalue weighted by Crippen LogP contribution is -2.42. The highest BCUT2D eigenvalue weighted by molar-refractivity contribution is 5.92. The quantitative estimate of drug-likeness (QED) is 0.706. The third kappa shape index (κ3) is 5.70. The van der Waals surface area contributed by atoms with Crippen molar-refractivity contribution in [2.75, 3.05) is 27.2 Å². The van der Waals surface area contributed by atoms with Gasteiger partial charge in [0, 0.05) is 38.7 Å². The van der Waals surface area contributed by atoms with Crippen LogP contribution in [0.3, 0.4) is 0 Å². The highest BCUT2D eigenvalue weighted by Gasteiger charge is 2.28. The van der Waals surface area contributed by atoms with E-state index in [9.17, 15) is 9.59 Å². The van der Waals surface area contributed by atoms with Crippen LogP contribution in [0.15, 0.2) is 60.7 Å². The van der Waals surface area contributed by atoms with E-state index in [0.29, 0.717) is 32.5 Å². The number of ether oxygens (including phenoxy) is 1. The number of piperidine rings is 1.